The molecule has 25 heavy (non-hydrogen) atoms. The first-order valence-electron chi connectivity index (χ1n) is 7.56. The Hall–Kier alpha value is -1.06. The zero-order chi connectivity index (χ0) is 18.3. The van der Waals surface area contributed by atoms with Gasteiger partial charge in [-0.3, -0.25) is 4.79 Å². The number of nitrogens with zero attached hydrogens (tertiary/aromatic N) is 1. The van der Waals surface area contributed by atoms with Gasteiger partial charge < -0.3 is 5.32 Å². The molecule has 0 radical (unpaired) electrons. The molecule has 2 aromatic rings. The van der Waals surface area contributed by atoms with Gasteiger partial charge in [-0.1, -0.05) is 29.8 Å². The third kappa shape index (κ3) is 6.31. The van der Waals surface area contributed by atoms with E-state index in [2.05, 4.69) is 5.32 Å². The lowest BCUT2D eigenvalue weighted by molar-refractivity contribution is -0.121. The number of hydrogen-bond acceptors (Lipinski definition) is 5. The van der Waals surface area contributed by atoms with E-state index < -0.39 is 10.0 Å². The fourth-order valence-corrected chi connectivity index (χ4v) is 5.63. The van der Waals surface area contributed by atoms with Crippen molar-refractivity contribution < 1.29 is 13.2 Å². The second-order valence-electron chi connectivity index (χ2n) is 5.18. The summed E-state index contributed by atoms with van der Waals surface area (Å²) in [6.07, 6.45) is 0.808. The molecule has 0 unspecified atom stereocenters. The molecule has 136 valence electrons. The van der Waals surface area contributed by atoms with Crippen molar-refractivity contribution in [3.05, 3.63) is 46.8 Å². The Labute approximate surface area is 161 Å². The molecule has 0 aliphatic heterocycles. The summed E-state index contributed by atoms with van der Waals surface area (Å²) in [7, 11) is -2.30. The van der Waals surface area contributed by atoms with E-state index in [-0.39, 0.29) is 16.7 Å². The van der Waals surface area contributed by atoms with Gasteiger partial charge in [0.1, 0.15) is 4.21 Å². The maximum absolute atomic E-state index is 12.3. The maximum atomic E-state index is 12.3. The second kappa shape index (κ2) is 9.59. The number of rotatable bonds is 9. The zero-order valence-corrected chi connectivity index (χ0v) is 16.8. The van der Waals surface area contributed by atoms with Crippen molar-refractivity contribution in [3.8, 4) is 0 Å². The largest absolute Gasteiger partial charge is 0.355 e. The molecule has 0 aliphatic rings. The predicted octanol–water partition coefficient (Wildman–Crippen LogP) is 3.32. The summed E-state index contributed by atoms with van der Waals surface area (Å²) >= 11 is 8.47. The summed E-state index contributed by atoms with van der Waals surface area (Å²) in [5.41, 5.74) is 0. The maximum Gasteiger partial charge on any atom is 0.252 e. The van der Waals surface area contributed by atoms with Crippen LogP contribution in [0.1, 0.15) is 6.42 Å². The van der Waals surface area contributed by atoms with Crippen molar-refractivity contribution in [2.45, 2.75) is 15.5 Å². The van der Waals surface area contributed by atoms with Crippen molar-refractivity contribution in [1.29, 1.82) is 0 Å². The van der Waals surface area contributed by atoms with Crippen LogP contribution < -0.4 is 5.32 Å². The first kappa shape index (κ1) is 20.3. The lowest BCUT2D eigenvalue weighted by Crippen LogP contribution is -2.38. The first-order valence-corrected chi connectivity index (χ1v) is 11.2. The van der Waals surface area contributed by atoms with Gasteiger partial charge in [-0.2, -0.15) is 4.31 Å². The Morgan fingerprint density at radius 2 is 1.96 bits per heavy atom. The highest BCUT2D eigenvalue weighted by atomic mass is 35.5. The van der Waals surface area contributed by atoms with Crippen LogP contribution in [0.4, 0.5) is 0 Å². The molecule has 0 atom stereocenters. The van der Waals surface area contributed by atoms with E-state index in [0.717, 1.165) is 27.8 Å². The van der Waals surface area contributed by atoms with E-state index in [1.807, 2.05) is 30.3 Å². The minimum absolute atomic E-state index is 0.132. The molecule has 9 heteroatoms. The SMILES string of the molecule is CN(CC(=O)NCCCSc1ccccc1)S(=O)(=O)c1ccc(Cl)s1. The minimum atomic E-state index is -3.68. The Bertz CT molecular complexity index is 794. The second-order valence-corrected chi connectivity index (χ2v) is 10.3. The molecule has 0 aliphatic carbocycles. The smallest absolute Gasteiger partial charge is 0.252 e. The quantitative estimate of drug-likeness (QED) is 0.501. The number of carbonyl (C=O) groups excluding carboxylic acids is 1. The van der Waals surface area contributed by atoms with Crippen LogP contribution in [-0.2, 0) is 14.8 Å². The number of hydrogen-bond donors (Lipinski definition) is 1. The molecule has 0 fully saturated rings. The molecule has 5 nitrogen and oxygen atoms in total. The summed E-state index contributed by atoms with van der Waals surface area (Å²) in [5.74, 6) is 0.560. The summed E-state index contributed by atoms with van der Waals surface area (Å²) in [6, 6.07) is 13.0. The Kier molecular flexibility index (Phi) is 7.77. The minimum Gasteiger partial charge on any atom is -0.355 e. The predicted molar refractivity (Wildman–Crippen MR) is 104 cm³/mol. The highest BCUT2D eigenvalue weighted by molar-refractivity contribution is 7.99. The first-order chi connectivity index (χ1) is 11.9. The number of likely N-dealkylation sites (N-methyl/N-ethyl adjacent to an activating group) is 1. The van der Waals surface area contributed by atoms with Gasteiger partial charge in [0, 0.05) is 18.5 Å². The van der Waals surface area contributed by atoms with E-state index in [0.29, 0.717) is 10.9 Å². The highest BCUT2D eigenvalue weighted by Gasteiger charge is 2.24. The van der Waals surface area contributed by atoms with E-state index in [1.165, 1.54) is 24.1 Å². The van der Waals surface area contributed by atoms with Crippen LogP contribution in [0.3, 0.4) is 0 Å². The topological polar surface area (TPSA) is 66.5 Å². The molecular weight excluding hydrogens is 400 g/mol. The van der Waals surface area contributed by atoms with Gasteiger partial charge >= 0.3 is 0 Å². The molecule has 1 N–H and O–H groups in total. The molecular formula is C16H19ClN2O3S3. The molecule has 1 aromatic carbocycles. The molecule has 1 aromatic heterocycles. The normalized spacial score (nSPS) is 11.6. The van der Waals surface area contributed by atoms with Crippen molar-refractivity contribution in [2.75, 3.05) is 25.9 Å². The van der Waals surface area contributed by atoms with Gasteiger partial charge in [-0.25, -0.2) is 8.42 Å². The number of sulfonamides is 1. The average molecular weight is 419 g/mol. The van der Waals surface area contributed by atoms with Gasteiger partial charge in [-0.15, -0.1) is 23.1 Å². The number of benzene rings is 1. The Morgan fingerprint density at radius 1 is 1.24 bits per heavy atom. The summed E-state index contributed by atoms with van der Waals surface area (Å²) < 4.78 is 26.2. The van der Waals surface area contributed by atoms with E-state index in [9.17, 15) is 13.2 Å². The lowest BCUT2D eigenvalue weighted by atomic mass is 10.4. The molecule has 2 rings (SSSR count). The number of halogens is 1. The van der Waals surface area contributed by atoms with Crippen LogP contribution in [0.25, 0.3) is 0 Å². The third-order valence-electron chi connectivity index (χ3n) is 3.23. The van der Waals surface area contributed by atoms with Crippen LogP contribution in [0.2, 0.25) is 4.34 Å². The van der Waals surface area contributed by atoms with E-state index in [4.69, 9.17) is 11.6 Å². The van der Waals surface area contributed by atoms with Crippen molar-refractivity contribution in [3.63, 3.8) is 0 Å². The molecule has 1 amide bonds. The fourth-order valence-electron chi connectivity index (χ4n) is 1.94. The number of thioether (sulfide) groups is 1. The van der Waals surface area contributed by atoms with Crippen LogP contribution >= 0.6 is 34.7 Å². The van der Waals surface area contributed by atoms with Crippen molar-refractivity contribution in [1.82, 2.24) is 9.62 Å². The molecule has 0 spiro atoms. The van der Waals surface area contributed by atoms with E-state index in [1.54, 1.807) is 11.8 Å². The van der Waals surface area contributed by atoms with Gasteiger partial charge in [0.25, 0.3) is 10.0 Å². The fraction of sp³-hybridized carbons (Fsp3) is 0.312. The standard InChI is InChI=1S/C16H19ClN2O3S3/c1-19(25(21,22)16-9-8-14(17)24-16)12-15(20)18-10-5-11-23-13-6-3-2-4-7-13/h2-4,6-9H,5,10-12H2,1H3,(H,18,20). The molecule has 0 bridgehead atoms. The Morgan fingerprint density at radius 3 is 2.60 bits per heavy atom. The van der Waals surface area contributed by atoms with Gasteiger partial charge in [0.2, 0.25) is 5.91 Å². The summed E-state index contributed by atoms with van der Waals surface area (Å²) in [6.45, 7) is 0.293. The molecule has 0 saturated heterocycles. The third-order valence-corrected chi connectivity index (χ3v) is 7.83. The summed E-state index contributed by atoms with van der Waals surface area (Å²) in [4.78, 5) is 13.1. The van der Waals surface area contributed by atoms with Gasteiger partial charge in [0.15, 0.2) is 0 Å². The number of carbonyl (C=O) groups is 1. The van der Waals surface area contributed by atoms with Crippen molar-refractivity contribution in [2.24, 2.45) is 0 Å². The van der Waals surface area contributed by atoms with Crippen LogP contribution in [0.15, 0.2) is 51.6 Å². The van der Waals surface area contributed by atoms with Crippen LogP contribution in [0.5, 0.6) is 0 Å². The zero-order valence-electron chi connectivity index (χ0n) is 13.6. The van der Waals surface area contributed by atoms with Crippen LogP contribution in [-0.4, -0.2) is 44.5 Å². The number of thiophene rings is 1. The highest BCUT2D eigenvalue weighted by Crippen LogP contribution is 2.27. The van der Waals surface area contributed by atoms with Gasteiger partial charge in [0.05, 0.1) is 10.9 Å². The Balaban J connectivity index is 1.71. The van der Waals surface area contributed by atoms with Crippen LogP contribution in [0, 0.1) is 0 Å². The lowest BCUT2D eigenvalue weighted by Gasteiger charge is -2.15. The molecule has 0 saturated carbocycles. The number of nitrogens with one attached hydrogen (secondary N) is 1. The van der Waals surface area contributed by atoms with Crippen molar-refractivity contribution >= 4 is 50.6 Å². The summed E-state index contributed by atoms with van der Waals surface area (Å²) in [5, 5.41) is 2.75. The monoisotopic (exact) mass is 418 g/mol. The number of amides is 1. The molecule has 1 heterocycles. The van der Waals surface area contributed by atoms with Gasteiger partial charge in [-0.05, 0) is 36.4 Å². The van der Waals surface area contributed by atoms with E-state index >= 15 is 0 Å². The average Bonchev–Trinajstić information content (AvgIpc) is 3.02.